The zero-order chi connectivity index (χ0) is 29.5. The molecule has 1 unspecified atom stereocenters. The minimum absolute atomic E-state index is 0.0265. The molecule has 0 bridgehead atoms. The third-order valence-corrected chi connectivity index (χ3v) is 7.21. The number of aliphatic hydroxyl groups excluding tert-OH is 1. The Hall–Kier alpha value is -5.04. The molecule has 0 saturated carbocycles. The van der Waals surface area contributed by atoms with Crippen LogP contribution in [0.2, 0.25) is 0 Å². The van der Waals surface area contributed by atoms with Crippen molar-refractivity contribution in [3.05, 3.63) is 131 Å². The molecule has 4 aromatic rings. The normalized spacial score (nSPS) is 16.0. The lowest BCUT2D eigenvalue weighted by Crippen LogP contribution is -2.31. The number of amides is 1. The number of ketones is 1. The van der Waals surface area contributed by atoms with Gasteiger partial charge in [-0.1, -0.05) is 66.7 Å². The number of aliphatic hydroxyl groups is 1. The van der Waals surface area contributed by atoms with E-state index >= 15 is 0 Å². The lowest BCUT2D eigenvalue weighted by atomic mass is 9.94. The maximum atomic E-state index is 13.5. The first kappa shape index (κ1) is 28.5. The van der Waals surface area contributed by atoms with Gasteiger partial charge in [-0.15, -0.1) is 0 Å². The summed E-state index contributed by atoms with van der Waals surface area (Å²) in [5.41, 5.74) is 3.12. The van der Waals surface area contributed by atoms with E-state index in [-0.39, 0.29) is 17.9 Å². The molecule has 214 valence electrons. The minimum Gasteiger partial charge on any atom is -0.507 e. The van der Waals surface area contributed by atoms with Gasteiger partial charge in [0.1, 0.15) is 18.1 Å². The lowest BCUT2D eigenvalue weighted by molar-refractivity contribution is -0.139. The summed E-state index contributed by atoms with van der Waals surface area (Å²) in [5, 5.41) is 11.4. The summed E-state index contributed by atoms with van der Waals surface area (Å²) in [7, 11) is 1.55. The molecule has 1 heterocycles. The third-order valence-electron chi connectivity index (χ3n) is 7.21. The fraction of sp³-hybridized carbons (Fsp3) is 0.200. The van der Waals surface area contributed by atoms with E-state index < -0.39 is 17.7 Å². The Morgan fingerprint density at radius 3 is 2.12 bits per heavy atom. The van der Waals surface area contributed by atoms with Gasteiger partial charge in [-0.3, -0.25) is 9.59 Å². The monoisotopic (exact) mass is 563 g/mol. The molecule has 0 spiro atoms. The van der Waals surface area contributed by atoms with Crippen molar-refractivity contribution in [1.29, 1.82) is 0 Å². The molecule has 5 rings (SSSR count). The Kier molecular flexibility index (Phi) is 8.87. The molecular formula is C35H33NO6. The molecule has 1 fully saturated rings. The van der Waals surface area contributed by atoms with Crippen LogP contribution in [-0.2, 0) is 22.6 Å². The van der Waals surface area contributed by atoms with Gasteiger partial charge in [0.05, 0.1) is 25.3 Å². The number of benzene rings is 4. The summed E-state index contributed by atoms with van der Waals surface area (Å²) in [6.07, 6.45) is 0.545. The van der Waals surface area contributed by atoms with Gasteiger partial charge in [0.25, 0.3) is 11.7 Å². The number of hydrogen-bond donors (Lipinski definition) is 1. The second-order valence-electron chi connectivity index (χ2n) is 9.87. The van der Waals surface area contributed by atoms with Crippen molar-refractivity contribution in [2.75, 3.05) is 20.3 Å². The first-order valence-electron chi connectivity index (χ1n) is 13.9. The van der Waals surface area contributed by atoms with Crippen molar-refractivity contribution in [3.8, 4) is 17.2 Å². The van der Waals surface area contributed by atoms with Crippen LogP contribution >= 0.6 is 0 Å². The van der Waals surface area contributed by atoms with Crippen LogP contribution in [0.1, 0.15) is 35.2 Å². The average molecular weight is 564 g/mol. The Morgan fingerprint density at radius 2 is 1.48 bits per heavy atom. The molecule has 0 aliphatic carbocycles. The number of carbonyl (C=O) groups excluding carboxylic acids is 2. The highest BCUT2D eigenvalue weighted by Crippen LogP contribution is 2.42. The van der Waals surface area contributed by atoms with Crippen molar-refractivity contribution in [2.45, 2.75) is 26.0 Å². The minimum atomic E-state index is -0.821. The van der Waals surface area contributed by atoms with Gasteiger partial charge >= 0.3 is 0 Å². The number of methoxy groups -OCH3 is 1. The van der Waals surface area contributed by atoms with Crippen molar-refractivity contribution in [3.63, 3.8) is 0 Å². The van der Waals surface area contributed by atoms with Gasteiger partial charge in [-0.25, -0.2) is 0 Å². The SMILES string of the molecule is CCOc1cc(C2/C(=C(\O)c3ccc(OC)cc3)C(=O)C(=O)N2CCc2ccccc2)ccc1OCc1ccccc1. The van der Waals surface area contributed by atoms with Crippen molar-refractivity contribution < 1.29 is 28.9 Å². The van der Waals surface area contributed by atoms with E-state index in [1.54, 1.807) is 43.5 Å². The molecule has 1 aliphatic heterocycles. The summed E-state index contributed by atoms with van der Waals surface area (Å²) in [6, 6.07) is 30.9. The van der Waals surface area contributed by atoms with E-state index in [1.165, 1.54) is 4.90 Å². The topological polar surface area (TPSA) is 85.3 Å². The molecule has 7 heteroatoms. The summed E-state index contributed by atoms with van der Waals surface area (Å²) in [6.45, 7) is 2.91. The van der Waals surface area contributed by atoms with Gasteiger partial charge in [-0.05, 0) is 66.4 Å². The van der Waals surface area contributed by atoms with E-state index in [2.05, 4.69) is 0 Å². The summed E-state index contributed by atoms with van der Waals surface area (Å²) in [5.74, 6) is 0.00593. The number of carbonyl (C=O) groups is 2. The van der Waals surface area contributed by atoms with E-state index in [1.807, 2.05) is 73.7 Å². The molecule has 1 N–H and O–H groups in total. The summed E-state index contributed by atoms with van der Waals surface area (Å²) < 4.78 is 17.3. The van der Waals surface area contributed by atoms with Crippen LogP contribution in [-0.4, -0.2) is 42.0 Å². The molecule has 4 aromatic carbocycles. The molecule has 1 amide bonds. The Morgan fingerprint density at radius 1 is 0.810 bits per heavy atom. The molecular weight excluding hydrogens is 530 g/mol. The fourth-order valence-corrected chi connectivity index (χ4v) is 5.07. The maximum absolute atomic E-state index is 13.5. The largest absolute Gasteiger partial charge is 0.507 e. The number of ether oxygens (including phenoxy) is 3. The van der Waals surface area contributed by atoms with Crippen LogP contribution in [0.5, 0.6) is 17.2 Å². The number of Topliss-reactive ketones (excluding diaryl/α,β-unsaturated/α-hetero) is 1. The van der Waals surface area contributed by atoms with Gasteiger partial charge in [0.15, 0.2) is 11.5 Å². The predicted octanol–water partition coefficient (Wildman–Crippen LogP) is 6.34. The van der Waals surface area contributed by atoms with E-state index in [0.29, 0.717) is 48.0 Å². The van der Waals surface area contributed by atoms with Crippen molar-refractivity contribution in [2.24, 2.45) is 0 Å². The number of nitrogens with zero attached hydrogens (tertiary/aromatic N) is 1. The highest BCUT2D eigenvalue weighted by molar-refractivity contribution is 6.46. The zero-order valence-electron chi connectivity index (χ0n) is 23.7. The molecule has 0 aromatic heterocycles. The smallest absolute Gasteiger partial charge is 0.295 e. The van der Waals surface area contributed by atoms with Crippen LogP contribution in [0.15, 0.2) is 109 Å². The average Bonchev–Trinajstić information content (AvgIpc) is 3.29. The molecule has 1 atom stereocenters. The number of rotatable bonds is 11. The van der Waals surface area contributed by atoms with Gasteiger partial charge < -0.3 is 24.2 Å². The predicted molar refractivity (Wildman–Crippen MR) is 161 cm³/mol. The van der Waals surface area contributed by atoms with Crippen molar-refractivity contribution >= 4 is 17.4 Å². The second-order valence-corrected chi connectivity index (χ2v) is 9.87. The number of hydrogen-bond acceptors (Lipinski definition) is 6. The molecule has 1 saturated heterocycles. The summed E-state index contributed by atoms with van der Waals surface area (Å²) >= 11 is 0. The Labute approximate surface area is 245 Å². The first-order valence-corrected chi connectivity index (χ1v) is 13.9. The van der Waals surface area contributed by atoms with E-state index in [9.17, 15) is 14.7 Å². The van der Waals surface area contributed by atoms with Gasteiger partial charge in [0.2, 0.25) is 0 Å². The van der Waals surface area contributed by atoms with E-state index in [0.717, 1.165) is 11.1 Å². The fourth-order valence-electron chi connectivity index (χ4n) is 5.07. The van der Waals surface area contributed by atoms with Crippen LogP contribution in [0.4, 0.5) is 0 Å². The second kappa shape index (κ2) is 13.1. The van der Waals surface area contributed by atoms with Crippen LogP contribution in [0.3, 0.4) is 0 Å². The Balaban J connectivity index is 1.55. The van der Waals surface area contributed by atoms with E-state index in [4.69, 9.17) is 14.2 Å². The highest BCUT2D eigenvalue weighted by Gasteiger charge is 2.46. The number of likely N-dealkylation sites (tertiary alicyclic amines) is 1. The Bertz CT molecular complexity index is 1560. The highest BCUT2D eigenvalue weighted by atomic mass is 16.5. The summed E-state index contributed by atoms with van der Waals surface area (Å²) in [4.78, 5) is 28.5. The standard InChI is InChI=1S/C35H33NO6/c1-3-41-30-22-27(16-19-29(30)42-23-25-12-8-5-9-13-25)32-31(33(37)26-14-17-28(40-2)18-15-26)34(38)35(39)36(32)21-20-24-10-6-4-7-11-24/h4-19,22,32,37H,3,20-21,23H2,1-2H3/b33-31+. The molecule has 0 radical (unpaired) electrons. The zero-order valence-corrected chi connectivity index (χ0v) is 23.7. The molecule has 7 nitrogen and oxygen atoms in total. The molecule has 42 heavy (non-hydrogen) atoms. The quantitative estimate of drug-likeness (QED) is 0.130. The van der Waals surface area contributed by atoms with Crippen LogP contribution in [0.25, 0.3) is 5.76 Å². The molecule has 1 aliphatic rings. The van der Waals surface area contributed by atoms with Crippen LogP contribution < -0.4 is 14.2 Å². The van der Waals surface area contributed by atoms with Crippen LogP contribution in [0, 0.1) is 0 Å². The van der Waals surface area contributed by atoms with Gasteiger partial charge in [-0.2, -0.15) is 0 Å². The van der Waals surface area contributed by atoms with Crippen molar-refractivity contribution in [1.82, 2.24) is 4.90 Å². The first-order chi connectivity index (χ1) is 20.5. The lowest BCUT2D eigenvalue weighted by Gasteiger charge is -2.26. The third kappa shape index (κ3) is 6.15. The van der Waals surface area contributed by atoms with Gasteiger partial charge in [0, 0.05) is 12.1 Å². The maximum Gasteiger partial charge on any atom is 0.295 e.